The molecule has 1 aliphatic carbocycles. The number of thioether (sulfide) groups is 1. The first-order chi connectivity index (χ1) is 29.5. The van der Waals surface area contributed by atoms with Crippen LogP contribution in [-0.4, -0.2) is 141 Å². The number of benzene rings is 1. The highest BCUT2D eigenvalue weighted by atomic mass is 32.2. The fraction of sp³-hybridized carbons (Fsp3) is 0.581. The molecule has 2 unspecified atom stereocenters. The number of nitrogens with two attached hydrogens (primary N) is 1. The van der Waals surface area contributed by atoms with Crippen molar-refractivity contribution in [3.63, 3.8) is 0 Å². The fourth-order valence-electron chi connectivity index (χ4n) is 7.33. The van der Waals surface area contributed by atoms with Crippen molar-refractivity contribution in [2.45, 2.75) is 95.2 Å². The molecule has 1 saturated heterocycles. The van der Waals surface area contributed by atoms with Crippen molar-refractivity contribution in [3.8, 4) is 17.6 Å². The predicted octanol–water partition coefficient (Wildman–Crippen LogP) is 3.40. The second-order valence-corrected chi connectivity index (χ2v) is 16.6. The maximum absolute atomic E-state index is 13.1. The van der Waals surface area contributed by atoms with Gasteiger partial charge in [-0.3, -0.25) is 24.2 Å². The third-order valence-corrected chi connectivity index (χ3v) is 12.0. The van der Waals surface area contributed by atoms with Gasteiger partial charge in [-0.25, -0.2) is 9.78 Å². The summed E-state index contributed by atoms with van der Waals surface area (Å²) in [7, 11) is 1.68. The van der Waals surface area contributed by atoms with Gasteiger partial charge in [0.1, 0.15) is 30.0 Å². The molecule has 3 heterocycles. The summed E-state index contributed by atoms with van der Waals surface area (Å²) in [5.41, 5.74) is 9.86. The van der Waals surface area contributed by atoms with E-state index in [4.69, 9.17) is 15.2 Å². The van der Waals surface area contributed by atoms with Crippen LogP contribution in [0.4, 0.5) is 11.8 Å². The topological polar surface area (TPSA) is 226 Å². The second kappa shape index (κ2) is 24.4. The van der Waals surface area contributed by atoms with E-state index in [9.17, 15) is 29.4 Å². The molecule has 0 spiro atoms. The van der Waals surface area contributed by atoms with Crippen molar-refractivity contribution in [1.29, 1.82) is 0 Å². The first kappa shape index (κ1) is 47.0. The Morgan fingerprint density at radius 2 is 1.82 bits per heavy atom. The number of aromatic nitrogens is 3. The number of hydrogen-bond acceptors (Lipinski definition) is 13. The lowest BCUT2D eigenvalue weighted by Crippen LogP contribution is -2.48. The summed E-state index contributed by atoms with van der Waals surface area (Å²) in [4.78, 5) is 62.8. The van der Waals surface area contributed by atoms with E-state index in [0.29, 0.717) is 26.1 Å². The zero-order valence-corrected chi connectivity index (χ0v) is 36.1. The number of rotatable bonds is 24. The summed E-state index contributed by atoms with van der Waals surface area (Å²) < 4.78 is 13.6. The quantitative estimate of drug-likeness (QED) is 0.0561. The Kier molecular flexibility index (Phi) is 18.8. The number of nitrogens with zero attached hydrogens (tertiary/aromatic N) is 5. The van der Waals surface area contributed by atoms with Crippen molar-refractivity contribution < 1.29 is 38.9 Å². The molecular weight excluding hydrogens is 803 g/mol. The third-order valence-electron chi connectivity index (χ3n) is 10.7. The van der Waals surface area contributed by atoms with E-state index in [1.165, 1.54) is 0 Å². The zero-order valence-electron chi connectivity index (χ0n) is 35.3. The smallest absolute Gasteiger partial charge is 0.327 e. The number of fused-ring (bicyclic) bond motifs is 1. The lowest BCUT2D eigenvalue weighted by molar-refractivity contribution is -0.142. The van der Waals surface area contributed by atoms with Crippen LogP contribution in [0.3, 0.4) is 0 Å². The fourth-order valence-corrected chi connectivity index (χ4v) is 8.48. The summed E-state index contributed by atoms with van der Waals surface area (Å²) in [6, 6.07) is 6.94. The van der Waals surface area contributed by atoms with Crippen molar-refractivity contribution >= 4 is 58.3 Å². The first-order valence-corrected chi connectivity index (χ1v) is 22.3. The van der Waals surface area contributed by atoms with Crippen LogP contribution in [-0.2, 0) is 37.0 Å². The number of hydrogen-bond donors (Lipinski definition) is 6. The molecular formula is C43H61N9O8S. The van der Waals surface area contributed by atoms with Crippen LogP contribution in [0.5, 0.6) is 5.75 Å². The van der Waals surface area contributed by atoms with Gasteiger partial charge < -0.3 is 45.9 Å². The number of carbonyl (C=O) groups is 4. The predicted molar refractivity (Wildman–Crippen MR) is 235 cm³/mol. The van der Waals surface area contributed by atoms with Gasteiger partial charge in [0, 0.05) is 76.3 Å². The van der Waals surface area contributed by atoms with Gasteiger partial charge in [-0.2, -0.15) is 4.98 Å². The molecule has 18 heteroatoms. The summed E-state index contributed by atoms with van der Waals surface area (Å²) in [5, 5.41) is 26.9. The number of unbranched alkanes of at least 4 members (excludes halogenated alkanes) is 2. The summed E-state index contributed by atoms with van der Waals surface area (Å²) in [6.07, 6.45) is 8.92. The van der Waals surface area contributed by atoms with E-state index >= 15 is 0 Å². The summed E-state index contributed by atoms with van der Waals surface area (Å²) in [5.74, 6) is 4.02. The minimum Gasteiger partial charge on any atom is -0.496 e. The molecule has 7 N–H and O–H groups in total. The molecule has 2 aromatic heterocycles. The minimum absolute atomic E-state index is 0.195. The second-order valence-electron chi connectivity index (χ2n) is 15.4. The molecule has 3 aromatic rings. The van der Waals surface area contributed by atoms with Gasteiger partial charge in [0.25, 0.3) is 0 Å². The van der Waals surface area contributed by atoms with E-state index in [1.54, 1.807) is 7.11 Å². The molecule has 0 saturated carbocycles. The number of methoxy groups -OCH3 is 1. The molecule has 1 fully saturated rings. The maximum Gasteiger partial charge on any atom is 0.327 e. The van der Waals surface area contributed by atoms with E-state index in [1.807, 2.05) is 12.3 Å². The van der Waals surface area contributed by atoms with Crippen molar-refractivity contribution in [2.75, 3.05) is 76.3 Å². The summed E-state index contributed by atoms with van der Waals surface area (Å²) >= 11 is 0.890. The molecule has 0 bridgehead atoms. The van der Waals surface area contributed by atoms with Crippen LogP contribution in [0, 0.1) is 11.8 Å². The van der Waals surface area contributed by atoms with Gasteiger partial charge in [0.05, 0.1) is 30.8 Å². The zero-order chi connectivity index (χ0) is 43.6. The Hall–Kier alpha value is -5.09. The largest absolute Gasteiger partial charge is 0.496 e. The van der Waals surface area contributed by atoms with E-state index in [-0.39, 0.29) is 24.4 Å². The van der Waals surface area contributed by atoms with E-state index in [2.05, 4.69) is 77.2 Å². The third kappa shape index (κ3) is 15.1. The highest BCUT2D eigenvalue weighted by Gasteiger charge is 2.28. The highest BCUT2D eigenvalue weighted by Crippen LogP contribution is 2.28. The van der Waals surface area contributed by atoms with Gasteiger partial charge >= 0.3 is 11.9 Å². The average molecular weight is 864 g/mol. The minimum atomic E-state index is -1.33. The Morgan fingerprint density at radius 3 is 2.57 bits per heavy atom. The van der Waals surface area contributed by atoms with Crippen LogP contribution in [0.25, 0.3) is 11.0 Å². The van der Waals surface area contributed by atoms with E-state index < -0.39 is 41.5 Å². The van der Waals surface area contributed by atoms with Crippen molar-refractivity contribution in [1.82, 2.24) is 35.0 Å². The van der Waals surface area contributed by atoms with E-state index in [0.717, 1.165) is 130 Å². The van der Waals surface area contributed by atoms with Gasteiger partial charge in [-0.05, 0) is 43.4 Å². The number of anilines is 2. The van der Waals surface area contributed by atoms with Crippen LogP contribution in [0.15, 0.2) is 30.5 Å². The molecule has 0 radical (unpaired) electrons. The van der Waals surface area contributed by atoms with Gasteiger partial charge in [0.2, 0.25) is 17.8 Å². The van der Waals surface area contributed by atoms with Gasteiger partial charge in [-0.1, -0.05) is 44.2 Å². The SMILES string of the molecule is CCCCCNc1nc(N)nc2ccn(Cc3ccc(CN4CCN(CCNC(=O)C(CC(=O)O)SC[C@H](NC(=O)COC5C#CCCCCC5)C(=O)O)CC4)cc3OC)c12. The van der Waals surface area contributed by atoms with Gasteiger partial charge in [0.15, 0.2) is 5.82 Å². The number of ether oxygens (including phenoxy) is 2. The number of amides is 2. The Labute approximate surface area is 361 Å². The normalized spacial score (nSPS) is 17.0. The molecule has 61 heavy (non-hydrogen) atoms. The molecule has 332 valence electrons. The van der Waals surface area contributed by atoms with Crippen LogP contribution < -0.4 is 26.4 Å². The lowest BCUT2D eigenvalue weighted by atomic mass is 10.1. The van der Waals surface area contributed by atoms with Crippen LogP contribution in [0.2, 0.25) is 0 Å². The number of nitrogens with one attached hydrogen (secondary N) is 3. The Morgan fingerprint density at radius 1 is 1.02 bits per heavy atom. The number of nitrogen functional groups attached to an aromatic ring is 1. The number of aliphatic carboxylic acids is 2. The van der Waals surface area contributed by atoms with Crippen molar-refractivity contribution in [2.24, 2.45) is 0 Å². The van der Waals surface area contributed by atoms with Crippen LogP contribution in [0.1, 0.15) is 75.8 Å². The number of piperazine rings is 1. The monoisotopic (exact) mass is 863 g/mol. The molecule has 1 aliphatic heterocycles. The molecule has 17 nitrogen and oxygen atoms in total. The first-order valence-electron chi connectivity index (χ1n) is 21.2. The standard InChI is InChI=1S/C43H61N9O8S/c1-3-4-10-16-45-40-39-33(48-43(44)49-40)15-18-52(39)27-31-14-13-30(24-35(31)59-2)26-51-22-20-50(21-23-51)19-17-46-41(56)36(25-38(54)55)61-29-34(42(57)58)47-37(53)28-60-32-11-8-6-5-7-9-12-32/h13-15,18,24,32,34,36H,3-8,10-11,16-17,19-23,25-29H2,1-2H3,(H,46,56)(H,47,53)(H,54,55)(H,57,58)(H3,44,45,48,49)/t32?,34-,36?/m0/s1. The Bertz CT molecular complexity index is 1990. The molecule has 1 aromatic carbocycles. The van der Waals surface area contributed by atoms with Crippen molar-refractivity contribution in [3.05, 3.63) is 41.6 Å². The molecule has 2 aliphatic rings. The Balaban J connectivity index is 1.05. The number of carbonyl (C=O) groups excluding carboxylic acids is 2. The maximum atomic E-state index is 13.1. The van der Waals surface area contributed by atoms with Gasteiger partial charge in [-0.15, -0.1) is 17.7 Å². The average Bonchev–Trinajstić information content (AvgIpc) is 3.62. The molecule has 5 rings (SSSR count). The lowest BCUT2D eigenvalue weighted by Gasteiger charge is -2.34. The summed E-state index contributed by atoms with van der Waals surface area (Å²) in [6.45, 7) is 8.06. The number of carboxylic acid groups (broad SMARTS) is 2. The highest BCUT2D eigenvalue weighted by molar-refractivity contribution is 8.00. The molecule has 2 amide bonds. The van der Waals surface area contributed by atoms with Crippen LogP contribution >= 0.6 is 11.8 Å². The number of carboxylic acids is 2. The molecule has 3 atom stereocenters.